The molecule has 0 fully saturated rings. The van der Waals surface area contributed by atoms with Gasteiger partial charge in [0.25, 0.3) is 0 Å². The topological polar surface area (TPSA) is 169 Å². The minimum absolute atomic E-state index is 0.0438. The summed E-state index contributed by atoms with van der Waals surface area (Å²) in [6.07, 6.45) is 0. The molecular weight excluding hydrogens is 322 g/mol. The van der Waals surface area contributed by atoms with Crippen LogP contribution in [0, 0.1) is 0 Å². The average Bonchev–Trinajstić information content (AvgIpc) is 2.97. The van der Waals surface area contributed by atoms with Gasteiger partial charge in [0.05, 0.1) is 22.3 Å². The number of aromatic carboxylic acids is 1. The summed E-state index contributed by atoms with van der Waals surface area (Å²) in [5, 5.41) is 9.04. The van der Waals surface area contributed by atoms with Crippen LogP contribution in [0.5, 0.6) is 0 Å². The van der Waals surface area contributed by atoms with Crippen LogP contribution in [0.2, 0.25) is 0 Å². The normalized spacial score (nSPS) is 11.4. The molecular formula is C16H15N7O2. The number of aliphatic imine (C=N–C) groups is 2. The molecule has 1 aromatic heterocycles. The Balaban J connectivity index is 1.91. The first-order valence-electron chi connectivity index (χ1n) is 7.19. The van der Waals surface area contributed by atoms with Crippen molar-refractivity contribution in [1.82, 2.24) is 9.97 Å². The number of carboxylic acid groups (broad SMARTS) is 1. The second-order valence-corrected chi connectivity index (χ2v) is 5.18. The molecule has 25 heavy (non-hydrogen) atoms. The molecule has 0 aliphatic rings. The monoisotopic (exact) mass is 337 g/mol. The fourth-order valence-corrected chi connectivity index (χ4v) is 2.26. The number of nitrogens with zero attached hydrogens (tertiary/aromatic N) is 3. The highest BCUT2D eigenvalue weighted by Crippen LogP contribution is 2.23. The number of H-pyrrole nitrogens is 1. The van der Waals surface area contributed by atoms with Crippen LogP contribution in [0.25, 0.3) is 22.4 Å². The van der Waals surface area contributed by atoms with E-state index in [1.54, 1.807) is 36.4 Å². The number of nitrogens with one attached hydrogen (secondary N) is 1. The van der Waals surface area contributed by atoms with E-state index in [-0.39, 0.29) is 17.5 Å². The van der Waals surface area contributed by atoms with Crippen molar-refractivity contribution < 1.29 is 9.90 Å². The predicted molar refractivity (Wildman–Crippen MR) is 95.6 cm³/mol. The molecule has 3 rings (SSSR count). The molecule has 3 aromatic rings. The summed E-state index contributed by atoms with van der Waals surface area (Å²) in [6, 6.07) is 11.8. The molecule has 0 aliphatic carbocycles. The molecule has 0 bridgehead atoms. The van der Waals surface area contributed by atoms with E-state index in [4.69, 9.17) is 22.3 Å². The van der Waals surface area contributed by atoms with Gasteiger partial charge in [-0.1, -0.05) is 0 Å². The van der Waals surface area contributed by atoms with Crippen LogP contribution in [0.15, 0.2) is 52.4 Å². The number of carboxylic acids is 1. The molecule has 0 spiro atoms. The van der Waals surface area contributed by atoms with E-state index in [1.165, 1.54) is 6.07 Å². The average molecular weight is 337 g/mol. The number of hydrogen-bond acceptors (Lipinski definition) is 3. The van der Waals surface area contributed by atoms with Gasteiger partial charge < -0.3 is 27.3 Å². The van der Waals surface area contributed by atoms with Crippen LogP contribution in [-0.4, -0.2) is 33.0 Å². The van der Waals surface area contributed by atoms with Crippen molar-refractivity contribution >= 4 is 34.6 Å². The Kier molecular flexibility index (Phi) is 4.04. The van der Waals surface area contributed by atoms with E-state index in [9.17, 15) is 4.79 Å². The van der Waals surface area contributed by atoms with E-state index in [0.29, 0.717) is 22.5 Å². The lowest BCUT2D eigenvalue weighted by Crippen LogP contribution is -2.26. The number of rotatable bonds is 3. The molecule has 8 N–H and O–H groups in total. The van der Waals surface area contributed by atoms with Crippen LogP contribution >= 0.6 is 0 Å². The van der Waals surface area contributed by atoms with Crippen LogP contribution in [0.1, 0.15) is 10.4 Å². The SMILES string of the molecule is NC(N)=NC(N)=Nc1ccc(-c2nc3ccc(C(=O)O)cc3[nH]2)cc1. The lowest BCUT2D eigenvalue weighted by Gasteiger charge is -1.99. The van der Waals surface area contributed by atoms with E-state index >= 15 is 0 Å². The van der Waals surface area contributed by atoms with Gasteiger partial charge in [-0.25, -0.2) is 14.8 Å². The Morgan fingerprint density at radius 2 is 1.80 bits per heavy atom. The summed E-state index contributed by atoms with van der Waals surface area (Å²) in [5.41, 5.74) is 19.0. The largest absolute Gasteiger partial charge is 0.478 e. The molecule has 0 amide bonds. The molecule has 9 nitrogen and oxygen atoms in total. The van der Waals surface area contributed by atoms with Crippen molar-refractivity contribution in [2.45, 2.75) is 0 Å². The number of imidazole rings is 1. The summed E-state index contributed by atoms with van der Waals surface area (Å²) in [6.45, 7) is 0. The number of nitrogens with two attached hydrogens (primary N) is 3. The second-order valence-electron chi connectivity index (χ2n) is 5.18. The molecule has 1 heterocycles. The number of fused-ring (bicyclic) bond motifs is 1. The summed E-state index contributed by atoms with van der Waals surface area (Å²) in [4.78, 5) is 26.3. The van der Waals surface area contributed by atoms with Gasteiger partial charge in [0, 0.05) is 5.56 Å². The van der Waals surface area contributed by atoms with E-state index in [2.05, 4.69) is 20.0 Å². The highest BCUT2D eigenvalue weighted by Gasteiger charge is 2.09. The maximum Gasteiger partial charge on any atom is 0.335 e. The van der Waals surface area contributed by atoms with Crippen molar-refractivity contribution in [1.29, 1.82) is 0 Å². The lowest BCUT2D eigenvalue weighted by molar-refractivity contribution is 0.0697. The van der Waals surface area contributed by atoms with Crippen LogP contribution < -0.4 is 17.2 Å². The molecule has 0 unspecified atom stereocenters. The Labute approximate surface area is 141 Å². The fourth-order valence-electron chi connectivity index (χ4n) is 2.26. The maximum absolute atomic E-state index is 11.0. The van der Waals surface area contributed by atoms with Crippen molar-refractivity contribution in [2.75, 3.05) is 0 Å². The van der Waals surface area contributed by atoms with E-state index in [0.717, 1.165) is 5.56 Å². The van der Waals surface area contributed by atoms with Gasteiger partial charge in [-0.05, 0) is 42.5 Å². The number of hydrogen-bond donors (Lipinski definition) is 5. The Morgan fingerprint density at radius 1 is 1.08 bits per heavy atom. The summed E-state index contributed by atoms with van der Waals surface area (Å²) >= 11 is 0. The van der Waals surface area contributed by atoms with Crippen molar-refractivity contribution in [2.24, 2.45) is 27.2 Å². The Morgan fingerprint density at radius 3 is 2.44 bits per heavy atom. The smallest absolute Gasteiger partial charge is 0.335 e. The quantitative estimate of drug-likeness (QED) is 0.354. The van der Waals surface area contributed by atoms with E-state index < -0.39 is 5.97 Å². The first-order valence-corrected chi connectivity index (χ1v) is 7.19. The summed E-state index contributed by atoms with van der Waals surface area (Å²) in [5.74, 6) is -0.581. The molecule has 0 saturated carbocycles. The first kappa shape index (κ1) is 16.0. The van der Waals surface area contributed by atoms with Crippen molar-refractivity contribution in [3.63, 3.8) is 0 Å². The minimum Gasteiger partial charge on any atom is -0.478 e. The molecule has 0 radical (unpaired) electrons. The third kappa shape index (κ3) is 3.55. The van der Waals surface area contributed by atoms with Gasteiger partial charge >= 0.3 is 5.97 Å². The van der Waals surface area contributed by atoms with Gasteiger partial charge in [0.1, 0.15) is 5.82 Å². The standard InChI is InChI=1S/C16H15N7O2/c17-15(18)23-16(19)20-10-4-1-8(2-5-10)13-21-11-6-3-9(14(24)25)7-12(11)22-13/h1-7H,(H,21,22)(H,24,25)(H6,17,18,19,20,23). The lowest BCUT2D eigenvalue weighted by atomic mass is 10.2. The zero-order valence-corrected chi connectivity index (χ0v) is 13.0. The second kappa shape index (κ2) is 6.32. The molecule has 0 atom stereocenters. The molecule has 0 aliphatic heterocycles. The van der Waals surface area contributed by atoms with Gasteiger partial charge in [0.2, 0.25) is 5.96 Å². The van der Waals surface area contributed by atoms with Gasteiger partial charge in [-0.15, -0.1) is 0 Å². The van der Waals surface area contributed by atoms with E-state index in [1.807, 2.05) is 0 Å². The molecule has 9 heteroatoms. The third-order valence-electron chi connectivity index (χ3n) is 3.36. The van der Waals surface area contributed by atoms with Crippen LogP contribution in [0.3, 0.4) is 0 Å². The predicted octanol–water partition coefficient (Wildman–Crippen LogP) is 1.15. The summed E-state index contributed by atoms with van der Waals surface area (Å²) in [7, 11) is 0. The van der Waals surface area contributed by atoms with Gasteiger partial charge in [-0.2, -0.15) is 4.99 Å². The van der Waals surface area contributed by atoms with Crippen LogP contribution in [-0.2, 0) is 0 Å². The molecule has 0 saturated heterocycles. The van der Waals surface area contributed by atoms with Crippen molar-refractivity contribution in [3.8, 4) is 11.4 Å². The highest BCUT2D eigenvalue weighted by atomic mass is 16.4. The number of aromatic amines is 1. The molecule has 126 valence electrons. The number of carbonyl (C=O) groups is 1. The number of benzene rings is 2. The zero-order chi connectivity index (χ0) is 18.0. The molecule has 2 aromatic carbocycles. The fraction of sp³-hybridized carbons (Fsp3) is 0. The zero-order valence-electron chi connectivity index (χ0n) is 13.0. The number of aromatic nitrogens is 2. The maximum atomic E-state index is 11.0. The highest BCUT2D eigenvalue weighted by molar-refractivity contribution is 5.94. The minimum atomic E-state index is -0.987. The van der Waals surface area contributed by atoms with Gasteiger partial charge in [-0.3, -0.25) is 0 Å². The Hall–Kier alpha value is -3.88. The Bertz CT molecular complexity index is 999. The first-order chi connectivity index (χ1) is 11.9. The van der Waals surface area contributed by atoms with Gasteiger partial charge in [0.15, 0.2) is 5.96 Å². The van der Waals surface area contributed by atoms with Crippen molar-refractivity contribution in [3.05, 3.63) is 48.0 Å². The number of guanidine groups is 2. The summed E-state index contributed by atoms with van der Waals surface area (Å²) < 4.78 is 0. The third-order valence-corrected chi connectivity index (χ3v) is 3.36. The van der Waals surface area contributed by atoms with Crippen LogP contribution in [0.4, 0.5) is 5.69 Å².